The minimum atomic E-state index is -4.36. The van der Waals surface area contributed by atoms with Crippen molar-refractivity contribution in [1.29, 1.82) is 0 Å². The lowest BCUT2D eigenvalue weighted by molar-refractivity contribution is -0.137. The predicted molar refractivity (Wildman–Crippen MR) is 112 cm³/mol. The zero-order valence-electron chi connectivity index (χ0n) is 15.8. The van der Waals surface area contributed by atoms with Gasteiger partial charge in [-0.3, -0.25) is 0 Å². The van der Waals surface area contributed by atoms with E-state index in [9.17, 15) is 17.7 Å². The molecule has 3 aromatic rings. The first-order valence-corrected chi connectivity index (χ1v) is 12.2. The fourth-order valence-electron chi connectivity index (χ4n) is 2.53. The number of hydrogen-bond donors (Lipinski definition) is 1. The van der Waals surface area contributed by atoms with Crippen LogP contribution in [0.3, 0.4) is 0 Å². The molecule has 1 heterocycles. The summed E-state index contributed by atoms with van der Waals surface area (Å²) in [7, 11) is -2.31. The van der Waals surface area contributed by atoms with Gasteiger partial charge >= 0.3 is 6.18 Å². The van der Waals surface area contributed by atoms with Gasteiger partial charge in [0.15, 0.2) is 0 Å². The van der Waals surface area contributed by atoms with Crippen molar-refractivity contribution >= 4 is 35.7 Å². The van der Waals surface area contributed by atoms with Gasteiger partial charge in [-0.25, -0.2) is 9.97 Å². The number of aromatic nitrogens is 2. The van der Waals surface area contributed by atoms with Crippen LogP contribution in [0.1, 0.15) is 11.1 Å². The van der Waals surface area contributed by atoms with Crippen molar-refractivity contribution in [3.05, 3.63) is 72.1 Å². The third kappa shape index (κ3) is 6.08. The van der Waals surface area contributed by atoms with Gasteiger partial charge in [0.05, 0.1) is 5.56 Å². The van der Waals surface area contributed by atoms with Crippen LogP contribution in [-0.2, 0) is 16.5 Å². The fraction of sp³-hybridized carbons (Fsp3) is 0.200. The molecule has 0 spiro atoms. The van der Waals surface area contributed by atoms with E-state index in [1.807, 2.05) is 24.3 Å². The summed E-state index contributed by atoms with van der Waals surface area (Å²) in [5, 5.41) is 4.58. The van der Waals surface area contributed by atoms with Gasteiger partial charge in [0.2, 0.25) is 0 Å². The smallest absolute Gasteiger partial charge is 0.340 e. The normalized spacial score (nSPS) is 12.0. The van der Waals surface area contributed by atoms with E-state index >= 15 is 0 Å². The highest BCUT2D eigenvalue weighted by molar-refractivity contribution is 7.98. The molecule has 3 rings (SSSR count). The van der Waals surface area contributed by atoms with Crippen LogP contribution in [0.2, 0.25) is 0 Å². The van der Waals surface area contributed by atoms with E-state index in [0.717, 1.165) is 23.1 Å². The maximum absolute atomic E-state index is 12.8. The Balaban J connectivity index is 1.66. The van der Waals surface area contributed by atoms with Gasteiger partial charge < -0.3 is 9.88 Å². The topological polar surface area (TPSA) is 54.9 Å². The first-order valence-electron chi connectivity index (χ1n) is 8.65. The van der Waals surface area contributed by atoms with E-state index in [2.05, 4.69) is 15.3 Å². The van der Waals surface area contributed by atoms with Gasteiger partial charge in [0, 0.05) is 22.8 Å². The van der Waals surface area contributed by atoms with Crippen molar-refractivity contribution in [3.63, 3.8) is 0 Å². The minimum absolute atomic E-state index is 0.358. The Hall–Kier alpha value is -2.31. The lowest BCUT2D eigenvalue weighted by Crippen LogP contribution is -2.05. The zero-order chi connectivity index (χ0) is 21.1. The maximum Gasteiger partial charge on any atom is 0.416 e. The van der Waals surface area contributed by atoms with Gasteiger partial charge in [-0.05, 0) is 49.2 Å². The molecule has 0 aliphatic carbocycles. The Bertz CT molecular complexity index is 1040. The molecule has 29 heavy (non-hydrogen) atoms. The maximum atomic E-state index is 12.8. The molecule has 1 N–H and O–H groups in total. The Morgan fingerprint density at radius 3 is 2.41 bits per heavy atom. The van der Waals surface area contributed by atoms with Gasteiger partial charge in [0.1, 0.15) is 24.3 Å². The monoisotopic (exact) mass is 437 g/mol. The average Bonchev–Trinajstić information content (AvgIpc) is 2.66. The Morgan fingerprint density at radius 2 is 1.76 bits per heavy atom. The van der Waals surface area contributed by atoms with Gasteiger partial charge in [0.25, 0.3) is 0 Å². The number of halogens is 3. The summed E-state index contributed by atoms with van der Waals surface area (Å²) in [4.78, 5) is 8.33. The molecule has 0 unspecified atom stereocenters. The highest BCUT2D eigenvalue weighted by Gasteiger charge is 2.30. The number of anilines is 2. The van der Waals surface area contributed by atoms with E-state index in [4.69, 9.17) is 0 Å². The molecular weight excluding hydrogens is 418 g/mol. The van der Waals surface area contributed by atoms with E-state index in [0.29, 0.717) is 22.2 Å². The minimum Gasteiger partial charge on any atom is -0.340 e. The predicted octanol–water partition coefficient (Wildman–Crippen LogP) is 5.78. The summed E-state index contributed by atoms with van der Waals surface area (Å²) in [6.07, 6.45) is -2.96. The Morgan fingerprint density at radius 1 is 1.03 bits per heavy atom. The van der Waals surface area contributed by atoms with Crippen LogP contribution < -0.4 is 10.6 Å². The number of alkyl halides is 3. The van der Waals surface area contributed by atoms with Gasteiger partial charge in [-0.2, -0.15) is 13.2 Å². The van der Waals surface area contributed by atoms with Crippen molar-refractivity contribution < 1.29 is 17.7 Å². The molecule has 0 radical (unpaired) electrons. The van der Waals surface area contributed by atoms with Gasteiger partial charge in [-0.15, -0.1) is 11.8 Å². The first kappa shape index (κ1) is 21.4. The van der Waals surface area contributed by atoms with Crippen molar-refractivity contribution in [2.45, 2.75) is 17.0 Å². The number of thioether (sulfide) groups is 1. The molecule has 1 aromatic heterocycles. The fourth-order valence-corrected chi connectivity index (χ4v) is 4.21. The quantitative estimate of drug-likeness (QED) is 0.301. The summed E-state index contributed by atoms with van der Waals surface area (Å²) in [6.45, 7) is 3.43. The van der Waals surface area contributed by atoms with Crippen LogP contribution in [0.25, 0.3) is 0 Å². The molecule has 0 amide bonds. The molecule has 4 nitrogen and oxygen atoms in total. The molecule has 0 aliphatic rings. The van der Waals surface area contributed by atoms with Crippen LogP contribution in [0.4, 0.5) is 24.7 Å². The number of nitrogens with one attached hydrogen (secondary N) is 1. The largest absolute Gasteiger partial charge is 0.416 e. The first-order chi connectivity index (χ1) is 13.6. The highest BCUT2D eigenvalue weighted by Crippen LogP contribution is 2.35. The summed E-state index contributed by atoms with van der Waals surface area (Å²) < 4.78 is 50.6. The van der Waals surface area contributed by atoms with Crippen LogP contribution in [0.5, 0.6) is 0 Å². The molecule has 0 atom stereocenters. The second-order valence-electron chi connectivity index (χ2n) is 6.75. The van der Waals surface area contributed by atoms with Crippen LogP contribution in [-0.4, -0.2) is 23.3 Å². The van der Waals surface area contributed by atoms with E-state index < -0.39 is 18.9 Å². The van der Waals surface area contributed by atoms with Crippen molar-refractivity contribution in [1.82, 2.24) is 9.97 Å². The number of rotatable bonds is 6. The Labute approximate surface area is 171 Å². The molecular formula is C20H19F3N3OPS. The standard InChI is InChI=1S/C20H19F3N3OPS/c1-28(2,27)17-8-6-16(7-9-17)26-18-11-19(25-13-24-18)29-12-14-4-3-5-15(10-14)20(21,22)23/h3-11,13H,12H2,1-2H3,(H,24,25,26). The average molecular weight is 437 g/mol. The summed E-state index contributed by atoms with van der Waals surface area (Å²) in [5.74, 6) is 0.924. The second kappa shape index (κ2) is 8.59. The van der Waals surface area contributed by atoms with Crippen LogP contribution in [0.15, 0.2) is 66.0 Å². The number of nitrogens with zero attached hydrogens (tertiary/aromatic N) is 2. The number of hydrogen-bond acceptors (Lipinski definition) is 5. The molecule has 0 fully saturated rings. The number of benzene rings is 2. The lowest BCUT2D eigenvalue weighted by Gasteiger charge is -2.10. The SMILES string of the molecule is CP(C)(=O)c1ccc(Nc2cc(SCc3cccc(C(F)(F)F)c3)ncn2)cc1. The highest BCUT2D eigenvalue weighted by atomic mass is 32.2. The lowest BCUT2D eigenvalue weighted by atomic mass is 10.1. The summed E-state index contributed by atoms with van der Waals surface area (Å²) >= 11 is 1.33. The van der Waals surface area contributed by atoms with E-state index in [1.165, 1.54) is 24.2 Å². The third-order valence-corrected chi connectivity index (χ3v) is 6.58. The van der Waals surface area contributed by atoms with E-state index in [-0.39, 0.29) is 0 Å². The Kier molecular flexibility index (Phi) is 6.34. The molecule has 2 aromatic carbocycles. The molecule has 9 heteroatoms. The second-order valence-corrected chi connectivity index (χ2v) is 11.0. The molecule has 0 bridgehead atoms. The van der Waals surface area contributed by atoms with Crippen molar-refractivity contribution in [2.75, 3.05) is 18.6 Å². The molecule has 0 saturated carbocycles. The van der Waals surface area contributed by atoms with Crippen LogP contribution >= 0.6 is 18.9 Å². The molecule has 0 aliphatic heterocycles. The molecule has 152 valence electrons. The molecule has 0 saturated heterocycles. The van der Waals surface area contributed by atoms with Gasteiger partial charge in [-0.1, -0.05) is 18.2 Å². The van der Waals surface area contributed by atoms with E-state index in [1.54, 1.807) is 25.5 Å². The van der Waals surface area contributed by atoms with Crippen molar-refractivity contribution in [2.24, 2.45) is 0 Å². The zero-order valence-corrected chi connectivity index (χ0v) is 17.5. The summed E-state index contributed by atoms with van der Waals surface area (Å²) in [6, 6.07) is 14.3. The van der Waals surface area contributed by atoms with Crippen LogP contribution in [0, 0.1) is 0 Å². The third-order valence-electron chi connectivity index (χ3n) is 4.04. The summed E-state index contributed by atoms with van der Waals surface area (Å²) in [5.41, 5.74) is 0.694. The van der Waals surface area contributed by atoms with Crippen molar-refractivity contribution in [3.8, 4) is 0 Å².